The topological polar surface area (TPSA) is 78.3 Å². The second-order valence-corrected chi connectivity index (χ2v) is 6.51. The summed E-state index contributed by atoms with van der Waals surface area (Å²) in [6.07, 6.45) is 2.96. The fourth-order valence-corrected chi connectivity index (χ4v) is 2.56. The lowest BCUT2D eigenvalue weighted by Crippen LogP contribution is -2.39. The van der Waals surface area contributed by atoms with Crippen LogP contribution in [0, 0.1) is 0 Å². The molecule has 7 nitrogen and oxygen atoms in total. The van der Waals surface area contributed by atoms with E-state index in [9.17, 15) is 4.79 Å². The Morgan fingerprint density at radius 2 is 2.08 bits per heavy atom. The van der Waals surface area contributed by atoms with Gasteiger partial charge in [0.1, 0.15) is 31.9 Å². The van der Waals surface area contributed by atoms with Gasteiger partial charge in [0.25, 0.3) is 0 Å². The van der Waals surface area contributed by atoms with Crippen molar-refractivity contribution in [2.45, 2.75) is 32.2 Å². The number of hydrogen-bond donors (Lipinski definition) is 1. The molecular formula is C17H22N4O3. The largest absolute Gasteiger partial charge is 0.486 e. The van der Waals surface area contributed by atoms with Gasteiger partial charge in [-0.2, -0.15) is 5.10 Å². The second kappa shape index (κ2) is 6.51. The molecule has 7 heteroatoms. The van der Waals surface area contributed by atoms with Gasteiger partial charge in [0, 0.05) is 12.0 Å². The highest BCUT2D eigenvalue weighted by molar-refractivity contribution is 5.79. The Balaban J connectivity index is 1.66. The SMILES string of the molecule is C[C@@H](C(=O)NCC(C)(C)c1ccc2c(c1)OCCO2)n1cncn1. The molecule has 1 N–H and O–H groups in total. The number of hydrogen-bond acceptors (Lipinski definition) is 5. The number of fused-ring (bicyclic) bond motifs is 1. The third-order valence-corrected chi connectivity index (χ3v) is 4.24. The smallest absolute Gasteiger partial charge is 0.244 e. The van der Waals surface area contributed by atoms with Crippen molar-refractivity contribution in [1.29, 1.82) is 0 Å². The summed E-state index contributed by atoms with van der Waals surface area (Å²) < 4.78 is 12.7. The minimum absolute atomic E-state index is 0.0916. The average Bonchev–Trinajstić information content (AvgIpc) is 3.13. The Morgan fingerprint density at radius 1 is 1.33 bits per heavy atom. The molecule has 1 aliphatic heterocycles. The lowest BCUT2D eigenvalue weighted by atomic mass is 9.84. The van der Waals surface area contributed by atoms with E-state index >= 15 is 0 Å². The summed E-state index contributed by atoms with van der Waals surface area (Å²) in [7, 11) is 0. The highest BCUT2D eigenvalue weighted by atomic mass is 16.6. The van der Waals surface area contributed by atoms with E-state index in [1.54, 1.807) is 6.92 Å². The predicted molar refractivity (Wildman–Crippen MR) is 88.2 cm³/mol. The molecule has 0 radical (unpaired) electrons. The van der Waals surface area contributed by atoms with E-state index in [1.807, 2.05) is 18.2 Å². The Hall–Kier alpha value is -2.57. The zero-order valence-electron chi connectivity index (χ0n) is 14.2. The zero-order valence-corrected chi connectivity index (χ0v) is 14.2. The predicted octanol–water partition coefficient (Wildman–Crippen LogP) is 1.70. The molecule has 0 aliphatic carbocycles. The van der Waals surface area contributed by atoms with Crippen LogP contribution in [0.4, 0.5) is 0 Å². The lowest BCUT2D eigenvalue weighted by Gasteiger charge is -2.28. The van der Waals surface area contributed by atoms with Crippen LogP contribution in [-0.4, -0.2) is 40.4 Å². The Morgan fingerprint density at radius 3 is 2.79 bits per heavy atom. The molecule has 24 heavy (non-hydrogen) atoms. The van der Waals surface area contributed by atoms with Crippen LogP contribution in [0.15, 0.2) is 30.9 Å². The maximum atomic E-state index is 12.3. The Labute approximate surface area is 141 Å². The summed E-state index contributed by atoms with van der Waals surface area (Å²) in [5, 5.41) is 6.99. The summed E-state index contributed by atoms with van der Waals surface area (Å²) in [4.78, 5) is 16.2. The van der Waals surface area contributed by atoms with Gasteiger partial charge < -0.3 is 14.8 Å². The Kier molecular flexibility index (Phi) is 4.42. The summed E-state index contributed by atoms with van der Waals surface area (Å²) in [6, 6.07) is 5.52. The monoisotopic (exact) mass is 330 g/mol. The van der Waals surface area contributed by atoms with E-state index in [2.05, 4.69) is 29.2 Å². The van der Waals surface area contributed by atoms with Crippen LogP contribution in [0.1, 0.15) is 32.4 Å². The van der Waals surface area contributed by atoms with Crippen molar-refractivity contribution in [2.24, 2.45) is 0 Å². The zero-order chi connectivity index (χ0) is 17.2. The number of benzene rings is 1. The molecule has 2 heterocycles. The molecule has 0 saturated carbocycles. The number of aromatic nitrogens is 3. The van der Waals surface area contributed by atoms with E-state index in [-0.39, 0.29) is 11.3 Å². The van der Waals surface area contributed by atoms with E-state index in [0.29, 0.717) is 19.8 Å². The molecule has 2 aromatic rings. The first-order chi connectivity index (χ1) is 11.5. The average molecular weight is 330 g/mol. The Bertz CT molecular complexity index is 713. The molecule has 0 spiro atoms. The fraction of sp³-hybridized carbons (Fsp3) is 0.471. The molecule has 0 saturated heterocycles. The molecule has 3 rings (SSSR count). The molecule has 1 atom stereocenters. The number of rotatable bonds is 5. The van der Waals surface area contributed by atoms with Crippen LogP contribution < -0.4 is 14.8 Å². The number of amides is 1. The molecule has 0 unspecified atom stereocenters. The first-order valence-corrected chi connectivity index (χ1v) is 7.99. The first-order valence-electron chi connectivity index (χ1n) is 7.99. The van der Waals surface area contributed by atoms with Crippen molar-refractivity contribution in [3.05, 3.63) is 36.4 Å². The van der Waals surface area contributed by atoms with Crippen LogP contribution in [0.2, 0.25) is 0 Å². The van der Waals surface area contributed by atoms with Crippen molar-refractivity contribution >= 4 is 5.91 Å². The summed E-state index contributed by atoms with van der Waals surface area (Å²) in [5.74, 6) is 1.44. The molecule has 128 valence electrons. The lowest BCUT2D eigenvalue weighted by molar-refractivity contribution is -0.124. The van der Waals surface area contributed by atoms with Gasteiger partial charge in [-0.3, -0.25) is 4.79 Å². The van der Waals surface area contributed by atoms with Crippen molar-refractivity contribution in [1.82, 2.24) is 20.1 Å². The van der Waals surface area contributed by atoms with Crippen molar-refractivity contribution in [2.75, 3.05) is 19.8 Å². The normalized spacial score (nSPS) is 15.0. The van der Waals surface area contributed by atoms with Gasteiger partial charge in [-0.1, -0.05) is 19.9 Å². The number of ether oxygens (including phenoxy) is 2. The summed E-state index contributed by atoms with van der Waals surface area (Å²) in [6.45, 7) is 7.60. The van der Waals surface area contributed by atoms with Crippen molar-refractivity contribution in [3.63, 3.8) is 0 Å². The number of nitrogens with zero attached hydrogens (tertiary/aromatic N) is 3. The maximum absolute atomic E-state index is 12.3. The fourth-order valence-electron chi connectivity index (χ4n) is 2.56. The van der Waals surface area contributed by atoms with Crippen molar-refractivity contribution < 1.29 is 14.3 Å². The first kappa shape index (κ1) is 16.3. The minimum Gasteiger partial charge on any atom is -0.486 e. The molecule has 1 aliphatic rings. The van der Waals surface area contributed by atoms with E-state index in [4.69, 9.17) is 9.47 Å². The molecule has 1 amide bonds. The summed E-state index contributed by atoms with van der Waals surface area (Å²) >= 11 is 0. The number of carbonyl (C=O) groups is 1. The van der Waals surface area contributed by atoms with E-state index in [0.717, 1.165) is 17.1 Å². The second-order valence-electron chi connectivity index (χ2n) is 6.51. The van der Waals surface area contributed by atoms with Crippen LogP contribution in [-0.2, 0) is 10.2 Å². The van der Waals surface area contributed by atoms with Gasteiger partial charge in [0.15, 0.2) is 11.5 Å². The quantitative estimate of drug-likeness (QED) is 0.903. The maximum Gasteiger partial charge on any atom is 0.244 e. The van der Waals surface area contributed by atoms with E-state index < -0.39 is 6.04 Å². The minimum atomic E-state index is -0.399. The van der Waals surface area contributed by atoms with Crippen molar-refractivity contribution in [3.8, 4) is 11.5 Å². The number of nitrogens with one attached hydrogen (secondary N) is 1. The van der Waals surface area contributed by atoms with Gasteiger partial charge in [0.05, 0.1) is 0 Å². The summed E-state index contributed by atoms with van der Waals surface area (Å²) in [5.41, 5.74) is 0.841. The molecule has 1 aromatic carbocycles. The molecule has 1 aromatic heterocycles. The van der Waals surface area contributed by atoms with Crippen LogP contribution >= 0.6 is 0 Å². The van der Waals surface area contributed by atoms with E-state index in [1.165, 1.54) is 17.3 Å². The highest BCUT2D eigenvalue weighted by Crippen LogP contribution is 2.34. The van der Waals surface area contributed by atoms with Crippen LogP contribution in [0.3, 0.4) is 0 Å². The molecule has 0 bridgehead atoms. The molecular weight excluding hydrogens is 308 g/mol. The van der Waals surface area contributed by atoms with Crippen LogP contribution in [0.5, 0.6) is 11.5 Å². The van der Waals surface area contributed by atoms with Gasteiger partial charge in [-0.05, 0) is 24.6 Å². The third-order valence-electron chi connectivity index (χ3n) is 4.24. The van der Waals surface area contributed by atoms with Gasteiger partial charge in [0.2, 0.25) is 5.91 Å². The standard InChI is InChI=1S/C17H22N4O3/c1-12(21-11-18-10-20-21)16(22)19-9-17(2,3)13-4-5-14-15(8-13)24-7-6-23-14/h4-5,8,10-12H,6-7,9H2,1-3H3,(H,19,22)/t12-/m0/s1. The van der Waals surface area contributed by atoms with Gasteiger partial charge in [-0.15, -0.1) is 0 Å². The molecule has 0 fully saturated rings. The van der Waals surface area contributed by atoms with Gasteiger partial charge >= 0.3 is 0 Å². The highest BCUT2D eigenvalue weighted by Gasteiger charge is 2.25. The third kappa shape index (κ3) is 3.34. The van der Waals surface area contributed by atoms with Crippen LogP contribution in [0.25, 0.3) is 0 Å². The van der Waals surface area contributed by atoms with Gasteiger partial charge in [-0.25, -0.2) is 9.67 Å². The number of carbonyl (C=O) groups excluding carboxylic acids is 1.